The maximum Gasteiger partial charge on any atom is 0.460 e. The lowest BCUT2D eigenvalue weighted by Gasteiger charge is -2.40. The van der Waals surface area contributed by atoms with E-state index in [1.54, 1.807) is 0 Å². The van der Waals surface area contributed by atoms with Gasteiger partial charge in [-0.25, -0.2) is 4.79 Å². The van der Waals surface area contributed by atoms with Gasteiger partial charge in [0.25, 0.3) is 0 Å². The summed E-state index contributed by atoms with van der Waals surface area (Å²) in [5.41, 5.74) is 0. The first-order valence-electron chi connectivity index (χ1n) is 5.86. The maximum absolute atomic E-state index is 13.1. The van der Waals surface area contributed by atoms with Crippen molar-refractivity contribution in [2.75, 3.05) is 7.11 Å². The van der Waals surface area contributed by atoms with Crippen LogP contribution in [0.25, 0.3) is 0 Å². The van der Waals surface area contributed by atoms with E-state index in [4.69, 9.17) is 0 Å². The van der Waals surface area contributed by atoms with Gasteiger partial charge in [0.15, 0.2) is 0 Å². The summed E-state index contributed by atoms with van der Waals surface area (Å²) in [5.74, 6) is -48.1. The molecule has 0 amide bonds. The lowest BCUT2D eigenvalue weighted by molar-refractivity contribution is -0.441. The molecule has 0 aliphatic rings. The number of alkyl halides is 15. The van der Waals surface area contributed by atoms with Crippen molar-refractivity contribution in [1.82, 2.24) is 0 Å². The summed E-state index contributed by atoms with van der Waals surface area (Å²) >= 11 is 0. The van der Waals surface area contributed by atoms with Crippen molar-refractivity contribution in [3.63, 3.8) is 0 Å². The molecule has 0 aromatic heterocycles. The van der Waals surface area contributed by atoms with Crippen LogP contribution < -0.4 is 0 Å². The summed E-state index contributed by atoms with van der Waals surface area (Å²) in [6, 6.07) is 0. The second-order valence-electron chi connectivity index (χ2n) is 4.87. The third-order valence-corrected chi connectivity index (χ3v) is 2.93. The zero-order valence-corrected chi connectivity index (χ0v) is 12.2. The standard InChI is InChI=1S/C10H5F15O2/c1-27-3(26)4(11,12)2-5(13,14)6(15,16)7(17,18)8(19,20)9(21,22)10(23,24)25/h2H2,1H3. The SMILES string of the molecule is COC(=O)C(F)(F)CC(F)(F)C(F)(F)C(F)(F)C(F)(F)C(F)(F)C(F)(F)F. The Morgan fingerprint density at radius 2 is 0.963 bits per heavy atom. The van der Waals surface area contributed by atoms with Crippen LogP contribution in [0.4, 0.5) is 65.9 Å². The topological polar surface area (TPSA) is 26.3 Å². The normalized spacial score (nSPS) is 15.7. The minimum atomic E-state index is -8.20. The third kappa shape index (κ3) is 3.72. The predicted molar refractivity (Wildman–Crippen MR) is 52.4 cm³/mol. The molecule has 0 N–H and O–H groups in total. The predicted octanol–water partition coefficient (Wildman–Crippen LogP) is 4.92. The number of hydrogen-bond donors (Lipinski definition) is 0. The fourth-order valence-electron chi connectivity index (χ4n) is 1.41. The summed E-state index contributed by atoms with van der Waals surface area (Å²) in [6.45, 7) is 0. The molecule has 0 radical (unpaired) electrons. The van der Waals surface area contributed by atoms with E-state index < -0.39 is 54.1 Å². The van der Waals surface area contributed by atoms with Crippen molar-refractivity contribution in [3.8, 4) is 0 Å². The Morgan fingerprint density at radius 3 is 1.26 bits per heavy atom. The highest BCUT2D eigenvalue weighted by Crippen LogP contribution is 2.61. The molecular weight excluding hydrogens is 437 g/mol. The molecule has 0 atom stereocenters. The van der Waals surface area contributed by atoms with Crippen molar-refractivity contribution in [3.05, 3.63) is 0 Å². The Kier molecular flexibility index (Phi) is 6.11. The van der Waals surface area contributed by atoms with Gasteiger partial charge in [-0.15, -0.1) is 0 Å². The molecule has 27 heavy (non-hydrogen) atoms. The maximum atomic E-state index is 13.1. The zero-order valence-electron chi connectivity index (χ0n) is 12.2. The average Bonchev–Trinajstić information content (AvgIpc) is 2.42. The van der Waals surface area contributed by atoms with Crippen LogP contribution in [-0.2, 0) is 9.53 Å². The largest absolute Gasteiger partial charge is 0.465 e. The minimum absolute atomic E-state index is 0.0825. The second-order valence-corrected chi connectivity index (χ2v) is 4.87. The highest BCUT2D eigenvalue weighted by Gasteiger charge is 2.91. The highest BCUT2D eigenvalue weighted by molar-refractivity contribution is 5.77. The van der Waals surface area contributed by atoms with Crippen molar-refractivity contribution < 1.29 is 75.4 Å². The number of halogens is 15. The molecule has 0 heterocycles. The van der Waals surface area contributed by atoms with E-state index in [1.807, 2.05) is 0 Å². The second kappa shape index (κ2) is 6.49. The van der Waals surface area contributed by atoms with Gasteiger partial charge in [-0.05, 0) is 0 Å². The first kappa shape index (κ1) is 25.4. The first-order chi connectivity index (χ1) is 11.4. The molecule has 0 spiro atoms. The number of carbonyl (C=O) groups excluding carboxylic acids is 1. The molecule has 0 bridgehead atoms. The smallest absolute Gasteiger partial charge is 0.460 e. The van der Waals surface area contributed by atoms with Crippen LogP contribution >= 0.6 is 0 Å². The lowest BCUT2D eigenvalue weighted by Crippen LogP contribution is -2.70. The molecule has 17 heteroatoms. The van der Waals surface area contributed by atoms with E-state index in [0.717, 1.165) is 0 Å². The van der Waals surface area contributed by atoms with Crippen LogP contribution in [0.2, 0.25) is 0 Å². The molecular formula is C10H5F15O2. The molecule has 162 valence electrons. The van der Waals surface area contributed by atoms with Gasteiger partial charge in [-0.3, -0.25) is 0 Å². The third-order valence-electron chi connectivity index (χ3n) is 2.93. The van der Waals surface area contributed by atoms with E-state index in [1.165, 1.54) is 0 Å². The van der Waals surface area contributed by atoms with Gasteiger partial charge < -0.3 is 4.74 Å². The van der Waals surface area contributed by atoms with Gasteiger partial charge in [-0.1, -0.05) is 0 Å². The average molecular weight is 442 g/mol. The highest BCUT2D eigenvalue weighted by atomic mass is 19.4. The molecule has 0 saturated heterocycles. The summed E-state index contributed by atoms with van der Waals surface area (Å²) in [4.78, 5) is 10.4. The van der Waals surface area contributed by atoms with Crippen molar-refractivity contribution in [1.29, 1.82) is 0 Å². The fourth-order valence-corrected chi connectivity index (χ4v) is 1.41. The van der Waals surface area contributed by atoms with Gasteiger partial charge in [0.1, 0.15) is 0 Å². The summed E-state index contributed by atoms with van der Waals surface area (Å²) < 4.78 is 194. The van der Waals surface area contributed by atoms with Crippen molar-refractivity contribution >= 4 is 5.97 Å². The molecule has 0 saturated carbocycles. The molecule has 2 nitrogen and oxygen atoms in total. The molecule has 0 aliphatic heterocycles. The monoisotopic (exact) mass is 442 g/mol. The van der Waals surface area contributed by atoms with Gasteiger partial charge in [-0.2, -0.15) is 65.9 Å². The fraction of sp³-hybridized carbons (Fsp3) is 0.900. The molecule has 0 rings (SSSR count). The Morgan fingerprint density at radius 1 is 0.630 bits per heavy atom. The molecule has 0 aromatic rings. The number of rotatable bonds is 7. The number of hydrogen-bond acceptors (Lipinski definition) is 2. The van der Waals surface area contributed by atoms with Gasteiger partial charge in [0, 0.05) is 0 Å². The number of esters is 1. The van der Waals surface area contributed by atoms with Crippen molar-refractivity contribution in [2.24, 2.45) is 0 Å². The summed E-state index contributed by atoms with van der Waals surface area (Å²) in [7, 11) is 0.0825. The van der Waals surface area contributed by atoms with Crippen LogP contribution in [0.5, 0.6) is 0 Å². The number of carbonyl (C=O) groups is 1. The molecule has 0 aromatic carbocycles. The lowest BCUT2D eigenvalue weighted by atomic mass is 9.91. The Balaban J connectivity index is 6.28. The molecule has 0 aliphatic carbocycles. The summed E-state index contributed by atoms with van der Waals surface area (Å²) in [6.07, 6.45) is -11.6. The Bertz CT molecular complexity index is 561. The van der Waals surface area contributed by atoms with E-state index in [2.05, 4.69) is 4.74 Å². The van der Waals surface area contributed by atoms with Gasteiger partial charge >= 0.3 is 47.7 Å². The van der Waals surface area contributed by atoms with E-state index in [0.29, 0.717) is 0 Å². The van der Waals surface area contributed by atoms with E-state index in [-0.39, 0.29) is 7.11 Å². The van der Waals surface area contributed by atoms with E-state index >= 15 is 0 Å². The zero-order chi connectivity index (χ0) is 22.5. The van der Waals surface area contributed by atoms with Crippen molar-refractivity contribution in [2.45, 2.75) is 48.1 Å². The Hall–Kier alpha value is -1.58. The minimum Gasteiger partial charge on any atom is -0.465 e. The van der Waals surface area contributed by atoms with Crippen LogP contribution in [-0.4, -0.2) is 54.8 Å². The quantitative estimate of drug-likeness (QED) is 0.413. The molecule has 0 unspecified atom stereocenters. The molecule has 0 fully saturated rings. The van der Waals surface area contributed by atoms with E-state index in [9.17, 15) is 70.7 Å². The first-order valence-corrected chi connectivity index (χ1v) is 5.86. The van der Waals surface area contributed by atoms with Crippen LogP contribution in [0.1, 0.15) is 6.42 Å². The van der Waals surface area contributed by atoms with Gasteiger partial charge in [0.2, 0.25) is 0 Å². The van der Waals surface area contributed by atoms with Crippen LogP contribution in [0.15, 0.2) is 0 Å². The van der Waals surface area contributed by atoms with Crippen LogP contribution in [0.3, 0.4) is 0 Å². The number of methoxy groups -OCH3 is 1. The number of ether oxygens (including phenoxy) is 1. The van der Waals surface area contributed by atoms with Crippen LogP contribution in [0, 0.1) is 0 Å². The van der Waals surface area contributed by atoms with Gasteiger partial charge in [0.05, 0.1) is 13.5 Å². The summed E-state index contributed by atoms with van der Waals surface area (Å²) in [5, 5.41) is 0. The Labute approximate surface area is 138 Å².